The summed E-state index contributed by atoms with van der Waals surface area (Å²) in [5.41, 5.74) is 1.49. The lowest BCUT2D eigenvalue weighted by Crippen LogP contribution is -2.13. The summed E-state index contributed by atoms with van der Waals surface area (Å²) in [4.78, 5) is 18.3. The number of methoxy groups -OCH3 is 1. The Kier molecular flexibility index (Phi) is 4.10. The molecule has 3 rings (SSSR count). The number of nitrogens with one attached hydrogen (secondary N) is 2. The summed E-state index contributed by atoms with van der Waals surface area (Å²) in [7, 11) is 1.60. The number of hydrogen-bond donors (Lipinski definition) is 2. The van der Waals surface area contributed by atoms with Crippen LogP contribution in [0.5, 0.6) is 5.75 Å². The minimum atomic E-state index is -0.500. The van der Waals surface area contributed by atoms with Crippen molar-refractivity contribution < 1.29 is 4.74 Å². The molecule has 0 amide bonds. The van der Waals surface area contributed by atoms with Gasteiger partial charge in [0.05, 0.1) is 12.8 Å². The Morgan fingerprint density at radius 1 is 1.30 bits per heavy atom. The highest BCUT2D eigenvalue weighted by Crippen LogP contribution is 2.36. The maximum atomic E-state index is 11.9. The number of benzene rings is 1. The zero-order valence-corrected chi connectivity index (χ0v) is 13.7. The van der Waals surface area contributed by atoms with Crippen molar-refractivity contribution in [2.45, 2.75) is 0 Å². The van der Waals surface area contributed by atoms with E-state index < -0.39 is 5.56 Å². The second kappa shape index (κ2) is 6.20. The van der Waals surface area contributed by atoms with Crippen LogP contribution in [0.4, 0.5) is 0 Å². The van der Waals surface area contributed by atoms with Crippen LogP contribution < -0.4 is 10.3 Å². The van der Waals surface area contributed by atoms with Gasteiger partial charge in [-0.1, -0.05) is 6.07 Å². The van der Waals surface area contributed by atoms with E-state index in [4.69, 9.17) is 17.0 Å². The number of aromatic nitrogens is 2. The van der Waals surface area contributed by atoms with Crippen LogP contribution in [-0.4, -0.2) is 17.1 Å². The number of aromatic amines is 2. The molecule has 0 unspecified atom stereocenters. The molecule has 2 heterocycles. The number of nitrogens with zero attached hydrogens (tertiary/aromatic N) is 1. The molecule has 0 aliphatic heterocycles. The summed E-state index contributed by atoms with van der Waals surface area (Å²) >= 11 is 6.59. The molecule has 2 aromatic heterocycles. The van der Waals surface area contributed by atoms with Gasteiger partial charge >= 0.3 is 0 Å². The lowest BCUT2D eigenvalue weighted by molar-refractivity contribution is 0.416. The van der Waals surface area contributed by atoms with Crippen LogP contribution in [0.15, 0.2) is 40.5 Å². The molecule has 0 radical (unpaired) electrons. The Balaban J connectivity index is 2.28. The van der Waals surface area contributed by atoms with Crippen LogP contribution in [0.2, 0.25) is 0 Å². The lowest BCUT2D eigenvalue weighted by atomic mass is 10.0. The molecule has 5 nitrogen and oxygen atoms in total. The third-order valence-corrected chi connectivity index (χ3v) is 4.44. The number of hydrogen-bond acceptors (Lipinski definition) is 5. The minimum Gasteiger partial charge on any atom is -0.496 e. The third-order valence-electron chi connectivity index (χ3n) is 3.33. The highest BCUT2D eigenvalue weighted by atomic mass is 32.1. The van der Waals surface area contributed by atoms with Crippen molar-refractivity contribution >= 4 is 23.6 Å². The van der Waals surface area contributed by atoms with Crippen molar-refractivity contribution in [2.75, 3.05) is 7.11 Å². The van der Waals surface area contributed by atoms with E-state index >= 15 is 0 Å². The molecule has 0 aliphatic carbocycles. The number of rotatable bonds is 3. The fourth-order valence-corrected chi connectivity index (χ4v) is 3.24. The summed E-state index contributed by atoms with van der Waals surface area (Å²) in [6.07, 6.45) is 0. The summed E-state index contributed by atoms with van der Waals surface area (Å²) < 4.78 is 5.59. The van der Waals surface area contributed by atoms with Gasteiger partial charge in [0.15, 0.2) is 4.77 Å². The van der Waals surface area contributed by atoms with Crippen LogP contribution in [0, 0.1) is 16.1 Å². The Labute approximate surface area is 140 Å². The van der Waals surface area contributed by atoms with Gasteiger partial charge in [0.2, 0.25) is 0 Å². The Morgan fingerprint density at radius 2 is 2.13 bits per heavy atom. The minimum absolute atomic E-state index is 0.000830. The molecule has 23 heavy (non-hydrogen) atoms. The molecule has 0 atom stereocenters. The van der Waals surface area contributed by atoms with Crippen molar-refractivity contribution in [2.24, 2.45) is 0 Å². The van der Waals surface area contributed by atoms with Gasteiger partial charge in [0, 0.05) is 16.0 Å². The van der Waals surface area contributed by atoms with Crippen molar-refractivity contribution in [3.63, 3.8) is 0 Å². The van der Waals surface area contributed by atoms with Crippen molar-refractivity contribution in [3.05, 3.63) is 56.4 Å². The van der Waals surface area contributed by atoms with E-state index in [1.54, 1.807) is 24.5 Å². The SMILES string of the molecule is COc1ccc(-c2[nH]c(=S)[nH]c(=O)c2C#N)cc1-c1cccs1. The second-order valence-corrected chi connectivity index (χ2v) is 6.02. The standard InChI is InChI=1S/C16H11N3O2S2/c1-21-12-5-4-9(7-10(12)13-3-2-6-23-13)14-11(8-17)15(20)19-16(22)18-14/h2-7H,1H3,(H2,18,19,20,22). The van der Waals surface area contributed by atoms with E-state index in [9.17, 15) is 10.1 Å². The van der Waals surface area contributed by atoms with Gasteiger partial charge in [0.1, 0.15) is 17.4 Å². The molecular formula is C16H11N3O2S2. The average Bonchev–Trinajstić information content (AvgIpc) is 3.08. The number of thiophene rings is 1. The molecule has 0 fully saturated rings. The summed E-state index contributed by atoms with van der Waals surface area (Å²) in [5, 5.41) is 11.2. The van der Waals surface area contributed by atoms with E-state index in [1.165, 1.54) is 0 Å². The second-order valence-electron chi connectivity index (χ2n) is 4.66. The third kappa shape index (κ3) is 2.82. The number of H-pyrrole nitrogens is 2. The fraction of sp³-hybridized carbons (Fsp3) is 0.0625. The molecular weight excluding hydrogens is 330 g/mol. The monoisotopic (exact) mass is 341 g/mol. The zero-order valence-electron chi connectivity index (χ0n) is 12.0. The van der Waals surface area contributed by atoms with Crippen LogP contribution in [0.1, 0.15) is 5.56 Å². The van der Waals surface area contributed by atoms with E-state index in [0.29, 0.717) is 11.3 Å². The van der Waals surface area contributed by atoms with Crippen molar-refractivity contribution in [3.8, 4) is 33.5 Å². The normalized spacial score (nSPS) is 10.3. The van der Waals surface area contributed by atoms with Gasteiger partial charge in [-0.3, -0.25) is 9.78 Å². The molecule has 0 saturated carbocycles. The van der Waals surface area contributed by atoms with E-state index in [1.807, 2.05) is 35.7 Å². The average molecular weight is 341 g/mol. The summed E-state index contributed by atoms with van der Waals surface area (Å²) in [6, 6.07) is 11.3. The molecule has 0 bridgehead atoms. The van der Waals surface area contributed by atoms with Crippen molar-refractivity contribution in [1.82, 2.24) is 9.97 Å². The molecule has 7 heteroatoms. The van der Waals surface area contributed by atoms with Crippen LogP contribution in [-0.2, 0) is 0 Å². The van der Waals surface area contributed by atoms with Gasteiger partial charge in [-0.25, -0.2) is 0 Å². The van der Waals surface area contributed by atoms with Crippen LogP contribution in [0.25, 0.3) is 21.7 Å². The topological polar surface area (TPSA) is 81.7 Å². The highest BCUT2D eigenvalue weighted by Gasteiger charge is 2.14. The zero-order chi connectivity index (χ0) is 16.4. The quantitative estimate of drug-likeness (QED) is 0.712. The van der Waals surface area contributed by atoms with Crippen molar-refractivity contribution in [1.29, 1.82) is 5.26 Å². The Bertz CT molecular complexity index is 1010. The van der Waals surface area contributed by atoms with Gasteiger partial charge in [-0.15, -0.1) is 11.3 Å². The van der Waals surface area contributed by atoms with Crippen LogP contribution >= 0.6 is 23.6 Å². The molecule has 1 aromatic carbocycles. The van der Waals surface area contributed by atoms with Gasteiger partial charge in [0.25, 0.3) is 5.56 Å². The Morgan fingerprint density at radius 3 is 2.78 bits per heavy atom. The predicted octanol–water partition coefficient (Wildman–Crippen LogP) is 3.71. The Hall–Kier alpha value is -2.69. The van der Waals surface area contributed by atoms with E-state index in [0.717, 1.165) is 16.2 Å². The predicted molar refractivity (Wildman–Crippen MR) is 92.3 cm³/mol. The first-order valence-electron chi connectivity index (χ1n) is 6.63. The fourth-order valence-electron chi connectivity index (χ4n) is 2.30. The first-order valence-corrected chi connectivity index (χ1v) is 7.92. The molecule has 0 aliphatic rings. The van der Waals surface area contributed by atoms with Crippen LogP contribution in [0.3, 0.4) is 0 Å². The maximum Gasteiger partial charge on any atom is 0.270 e. The summed E-state index contributed by atoms with van der Waals surface area (Å²) in [6.45, 7) is 0. The number of ether oxygens (including phenoxy) is 1. The summed E-state index contributed by atoms with van der Waals surface area (Å²) in [5.74, 6) is 0.721. The maximum absolute atomic E-state index is 11.9. The van der Waals surface area contributed by atoms with E-state index in [-0.39, 0.29) is 10.3 Å². The molecule has 0 saturated heterocycles. The molecule has 3 aromatic rings. The highest BCUT2D eigenvalue weighted by molar-refractivity contribution is 7.71. The smallest absolute Gasteiger partial charge is 0.270 e. The number of nitriles is 1. The van der Waals surface area contributed by atoms with Gasteiger partial charge in [-0.05, 0) is 41.9 Å². The first kappa shape index (κ1) is 15.2. The van der Waals surface area contributed by atoms with E-state index in [2.05, 4.69) is 9.97 Å². The first-order chi connectivity index (χ1) is 11.1. The van der Waals surface area contributed by atoms with Gasteiger partial charge in [-0.2, -0.15) is 5.26 Å². The lowest BCUT2D eigenvalue weighted by Gasteiger charge is -2.10. The molecule has 114 valence electrons. The largest absolute Gasteiger partial charge is 0.496 e. The van der Waals surface area contributed by atoms with Gasteiger partial charge < -0.3 is 9.72 Å². The molecule has 0 spiro atoms. The molecule has 2 N–H and O–H groups in total.